The number of allylic oxidation sites excluding steroid dienone is 2. The summed E-state index contributed by atoms with van der Waals surface area (Å²) in [5.41, 5.74) is 0. The van der Waals surface area contributed by atoms with Gasteiger partial charge in [0.1, 0.15) is 0 Å². The van der Waals surface area contributed by atoms with Crippen molar-refractivity contribution in [1.82, 2.24) is 0 Å². The lowest BCUT2D eigenvalue weighted by atomic mass is 10.1. The molecule has 2 atom stereocenters. The van der Waals surface area contributed by atoms with E-state index in [1.165, 1.54) is 40.3 Å². The van der Waals surface area contributed by atoms with Gasteiger partial charge in [0.25, 0.3) is 0 Å². The van der Waals surface area contributed by atoms with E-state index in [4.69, 9.17) is 0 Å². The molecule has 0 aliphatic carbocycles. The maximum atomic E-state index is 2.99. The van der Waals surface area contributed by atoms with Gasteiger partial charge in [-0.2, -0.15) is 0 Å². The molecule has 0 nitrogen and oxygen atoms in total. The molecule has 0 fully saturated rings. The standard InChI is InChI=1S/C10H18P2/c1-2-3-4-5-7-10(11)8-6-9-12-10/h6,8-9H,2-5,7,11H2,1H3. The first-order valence-corrected chi connectivity index (χ1v) is 6.33. The van der Waals surface area contributed by atoms with Gasteiger partial charge in [0.05, 0.1) is 0 Å². The molecular formula is C10H18P2. The van der Waals surface area contributed by atoms with Crippen LogP contribution in [-0.2, 0) is 0 Å². The van der Waals surface area contributed by atoms with E-state index in [1.807, 2.05) is 0 Å². The summed E-state index contributed by atoms with van der Waals surface area (Å²) < 4.78 is 0. The SMILES string of the molecule is CCCCCCC1(P)C=CC=P1. The Bertz CT molecular complexity index is 170. The van der Waals surface area contributed by atoms with Crippen LogP contribution in [0.5, 0.6) is 0 Å². The van der Waals surface area contributed by atoms with Gasteiger partial charge in [-0.3, -0.25) is 0 Å². The average molecular weight is 200 g/mol. The van der Waals surface area contributed by atoms with Gasteiger partial charge in [-0.15, -0.1) is 9.24 Å². The van der Waals surface area contributed by atoms with Crippen molar-refractivity contribution in [3.8, 4) is 0 Å². The van der Waals surface area contributed by atoms with Crippen molar-refractivity contribution in [3.63, 3.8) is 0 Å². The second-order valence-corrected chi connectivity index (χ2v) is 6.34. The summed E-state index contributed by atoms with van der Waals surface area (Å²) in [6, 6.07) is 0. The number of hydrogen-bond donors (Lipinski definition) is 0. The summed E-state index contributed by atoms with van der Waals surface area (Å²) in [6.07, 6.45) is 11.3. The molecule has 0 amide bonds. The van der Waals surface area contributed by atoms with Crippen molar-refractivity contribution >= 4 is 23.2 Å². The van der Waals surface area contributed by atoms with Crippen LogP contribution in [0.25, 0.3) is 0 Å². The van der Waals surface area contributed by atoms with Crippen molar-refractivity contribution in [3.05, 3.63) is 12.2 Å². The van der Waals surface area contributed by atoms with Crippen molar-refractivity contribution in [2.24, 2.45) is 0 Å². The molecule has 0 radical (unpaired) electrons. The van der Waals surface area contributed by atoms with Gasteiger partial charge in [-0.1, -0.05) is 53.0 Å². The van der Waals surface area contributed by atoms with Crippen LogP contribution in [-0.4, -0.2) is 10.7 Å². The molecule has 1 rings (SSSR count). The minimum Gasteiger partial charge on any atom is -0.118 e. The molecule has 1 aliphatic heterocycles. The first-order valence-electron chi connectivity index (χ1n) is 4.79. The Balaban J connectivity index is 2.14. The topological polar surface area (TPSA) is 0 Å². The Labute approximate surface area is 79.8 Å². The molecule has 0 aromatic heterocycles. The smallest absolute Gasteiger partial charge is 0.0444 e. The molecule has 1 heterocycles. The molecule has 68 valence electrons. The third kappa shape index (κ3) is 3.38. The Morgan fingerprint density at radius 2 is 2.17 bits per heavy atom. The third-order valence-corrected chi connectivity index (χ3v) is 4.32. The molecule has 0 aromatic carbocycles. The van der Waals surface area contributed by atoms with E-state index < -0.39 is 0 Å². The van der Waals surface area contributed by atoms with Crippen molar-refractivity contribution < 1.29 is 0 Å². The highest BCUT2D eigenvalue weighted by Gasteiger charge is 2.19. The lowest BCUT2D eigenvalue weighted by Crippen LogP contribution is -2.05. The number of rotatable bonds is 5. The second-order valence-electron chi connectivity index (χ2n) is 3.44. The monoisotopic (exact) mass is 200 g/mol. The van der Waals surface area contributed by atoms with Crippen LogP contribution in [0.4, 0.5) is 0 Å². The van der Waals surface area contributed by atoms with Crippen LogP contribution in [0.2, 0.25) is 0 Å². The molecule has 1 aliphatic rings. The summed E-state index contributed by atoms with van der Waals surface area (Å²) in [4.78, 5) is 0.397. The summed E-state index contributed by atoms with van der Waals surface area (Å²) in [5, 5.41) is 0. The molecule has 12 heavy (non-hydrogen) atoms. The fraction of sp³-hybridized carbons (Fsp3) is 0.700. The predicted octanol–water partition coefficient (Wildman–Crippen LogP) is 3.85. The van der Waals surface area contributed by atoms with Gasteiger partial charge in [0.15, 0.2) is 0 Å². The molecule has 0 aromatic rings. The van der Waals surface area contributed by atoms with Crippen molar-refractivity contribution in [1.29, 1.82) is 0 Å². The number of hydrogen-bond acceptors (Lipinski definition) is 0. The normalized spacial score (nSPS) is 28.2. The summed E-state index contributed by atoms with van der Waals surface area (Å²) in [7, 11) is 4.45. The highest BCUT2D eigenvalue weighted by Crippen LogP contribution is 2.40. The van der Waals surface area contributed by atoms with Gasteiger partial charge in [0.2, 0.25) is 0 Å². The van der Waals surface area contributed by atoms with Gasteiger partial charge in [-0.25, -0.2) is 0 Å². The highest BCUT2D eigenvalue weighted by atomic mass is 31.1. The lowest BCUT2D eigenvalue weighted by Gasteiger charge is -2.17. The first kappa shape index (κ1) is 10.4. The van der Waals surface area contributed by atoms with E-state index in [0.29, 0.717) is 4.90 Å². The molecular weight excluding hydrogens is 182 g/mol. The lowest BCUT2D eigenvalue weighted by molar-refractivity contribution is 0.631. The molecule has 2 heteroatoms. The zero-order valence-corrected chi connectivity index (χ0v) is 9.84. The maximum Gasteiger partial charge on any atom is 0.0444 e. The van der Waals surface area contributed by atoms with Gasteiger partial charge < -0.3 is 0 Å². The van der Waals surface area contributed by atoms with E-state index in [2.05, 4.69) is 34.1 Å². The summed E-state index contributed by atoms with van der Waals surface area (Å²) in [5.74, 6) is 2.24. The summed E-state index contributed by atoms with van der Waals surface area (Å²) >= 11 is 0. The van der Waals surface area contributed by atoms with Crippen LogP contribution in [0.3, 0.4) is 0 Å². The van der Waals surface area contributed by atoms with E-state index >= 15 is 0 Å². The zero-order chi connectivity index (χ0) is 8.86. The molecule has 0 bridgehead atoms. The van der Waals surface area contributed by atoms with Gasteiger partial charge in [-0.05, 0) is 12.2 Å². The minimum atomic E-state index is 0.397. The Hall–Kier alpha value is 0.340. The fourth-order valence-electron chi connectivity index (χ4n) is 1.42. The van der Waals surface area contributed by atoms with Gasteiger partial charge >= 0.3 is 0 Å². The molecule has 0 spiro atoms. The Morgan fingerprint density at radius 1 is 1.33 bits per heavy atom. The second kappa shape index (κ2) is 5.15. The van der Waals surface area contributed by atoms with E-state index in [-0.39, 0.29) is 0 Å². The van der Waals surface area contributed by atoms with Crippen LogP contribution in [0.1, 0.15) is 39.0 Å². The van der Waals surface area contributed by atoms with Crippen LogP contribution in [0, 0.1) is 0 Å². The van der Waals surface area contributed by atoms with Crippen LogP contribution in [0.15, 0.2) is 12.2 Å². The van der Waals surface area contributed by atoms with E-state index in [9.17, 15) is 0 Å². The zero-order valence-electron chi connectivity index (χ0n) is 7.79. The number of unbranched alkanes of at least 4 members (excludes halogenated alkanes) is 3. The quantitative estimate of drug-likeness (QED) is 0.467. The maximum absolute atomic E-state index is 2.99. The first-order chi connectivity index (χ1) is 5.77. The molecule has 0 saturated carbocycles. The minimum absolute atomic E-state index is 0.397. The average Bonchev–Trinajstić information content (AvgIpc) is 2.47. The molecule has 0 saturated heterocycles. The summed E-state index contributed by atoms with van der Waals surface area (Å²) in [6.45, 7) is 2.26. The van der Waals surface area contributed by atoms with Crippen LogP contribution < -0.4 is 0 Å². The van der Waals surface area contributed by atoms with Crippen LogP contribution >= 0.6 is 17.4 Å². The largest absolute Gasteiger partial charge is 0.118 e. The fourth-order valence-corrected chi connectivity index (χ4v) is 2.90. The molecule has 2 unspecified atom stereocenters. The predicted molar refractivity (Wildman–Crippen MR) is 63.3 cm³/mol. The van der Waals surface area contributed by atoms with E-state index in [1.54, 1.807) is 0 Å². The third-order valence-electron chi connectivity index (χ3n) is 2.22. The van der Waals surface area contributed by atoms with Crippen molar-refractivity contribution in [2.45, 2.75) is 43.9 Å². The van der Waals surface area contributed by atoms with Gasteiger partial charge in [0, 0.05) is 4.90 Å². The Kier molecular flexibility index (Phi) is 4.47. The molecule has 0 N–H and O–H groups in total. The highest BCUT2D eigenvalue weighted by molar-refractivity contribution is 7.53. The Morgan fingerprint density at radius 3 is 2.75 bits per heavy atom. The van der Waals surface area contributed by atoms with Crippen molar-refractivity contribution in [2.75, 3.05) is 0 Å². The van der Waals surface area contributed by atoms with E-state index in [0.717, 1.165) is 0 Å².